The van der Waals surface area contributed by atoms with Crippen molar-refractivity contribution in [1.29, 1.82) is 0 Å². The maximum Gasteiger partial charge on any atom is 0.245 e. The molecule has 0 spiro atoms. The normalized spacial score (nSPS) is 25.6. The number of likely N-dealkylation sites (tertiary alicyclic amines) is 2. The first-order valence-corrected chi connectivity index (χ1v) is 19.0. The van der Waals surface area contributed by atoms with Crippen LogP contribution in [0.5, 0.6) is 0 Å². The number of hydrogen-bond donors (Lipinski definition) is 1. The van der Waals surface area contributed by atoms with Gasteiger partial charge in [0.2, 0.25) is 17.7 Å². The van der Waals surface area contributed by atoms with E-state index in [2.05, 4.69) is 44.8 Å². The fourth-order valence-corrected chi connectivity index (χ4v) is 8.11. The quantitative estimate of drug-likeness (QED) is 0.277. The molecule has 264 valence electrons. The number of nitrogens with zero attached hydrogens (tertiary/aromatic N) is 3. The van der Waals surface area contributed by atoms with Gasteiger partial charge in [0, 0.05) is 48.7 Å². The van der Waals surface area contributed by atoms with Crippen LogP contribution in [-0.2, 0) is 14.4 Å². The third kappa shape index (κ3) is 10.4. The van der Waals surface area contributed by atoms with Gasteiger partial charge in [0.25, 0.3) is 0 Å². The van der Waals surface area contributed by atoms with E-state index in [1.165, 1.54) is 12.8 Å². The SMILES string of the molecule is CC(C)C(=O)N([C@H]1CCCC[C@@H](C)CC1)[C@H]1C[C@@H](C(=O)N2CCCCC2)N(C(=O)[C@H](CNC(C)(C)C)C[C@@H](C)c2ccc(Cl)cc2)C1. The molecule has 0 bridgehead atoms. The van der Waals surface area contributed by atoms with Crippen LogP contribution in [0.15, 0.2) is 24.3 Å². The summed E-state index contributed by atoms with van der Waals surface area (Å²) in [6.45, 7) is 17.3. The second kappa shape index (κ2) is 17.0. The average Bonchev–Trinajstić information content (AvgIpc) is 3.46. The molecule has 47 heavy (non-hydrogen) atoms. The minimum atomic E-state index is -0.538. The van der Waals surface area contributed by atoms with Gasteiger partial charge in [-0.1, -0.05) is 70.7 Å². The standard InChI is InChI=1S/C39H63ClN4O3/c1-27(2)36(45)44(33-14-10-9-13-28(3)15-20-33)34-24-35(38(47)42-21-11-8-12-22-42)43(26-34)37(46)31(25-41-39(5,6)7)23-29(4)30-16-18-32(40)19-17-30/h16-19,27-29,31,33-35,41H,8-15,20-26H2,1-7H3/t28-,29-,31+,33+,34+,35+/m1/s1. The Labute approximate surface area is 290 Å². The molecule has 0 radical (unpaired) electrons. The summed E-state index contributed by atoms with van der Waals surface area (Å²) in [5.74, 6) is 0.598. The van der Waals surface area contributed by atoms with Crippen molar-refractivity contribution in [3.05, 3.63) is 34.9 Å². The maximum atomic E-state index is 14.9. The van der Waals surface area contributed by atoms with E-state index in [4.69, 9.17) is 11.6 Å². The molecule has 6 atom stereocenters. The molecule has 3 fully saturated rings. The van der Waals surface area contributed by atoms with E-state index in [9.17, 15) is 14.4 Å². The van der Waals surface area contributed by atoms with Crippen LogP contribution < -0.4 is 5.32 Å². The minimum Gasteiger partial charge on any atom is -0.341 e. The number of piperidine rings is 1. The Morgan fingerprint density at radius 2 is 1.57 bits per heavy atom. The van der Waals surface area contributed by atoms with Gasteiger partial charge in [0.1, 0.15) is 6.04 Å². The summed E-state index contributed by atoms with van der Waals surface area (Å²) in [5.41, 5.74) is 0.990. The Balaban J connectivity index is 1.66. The van der Waals surface area contributed by atoms with Gasteiger partial charge in [0.15, 0.2) is 0 Å². The molecule has 8 heteroatoms. The van der Waals surface area contributed by atoms with Gasteiger partial charge >= 0.3 is 0 Å². The zero-order valence-corrected chi connectivity index (χ0v) is 31.2. The third-order valence-electron chi connectivity index (χ3n) is 10.8. The van der Waals surface area contributed by atoms with Crippen molar-refractivity contribution in [3.63, 3.8) is 0 Å². The zero-order chi connectivity index (χ0) is 34.3. The molecule has 1 aliphatic carbocycles. The minimum absolute atomic E-state index is 0.0312. The largest absolute Gasteiger partial charge is 0.341 e. The van der Waals surface area contributed by atoms with Crippen LogP contribution in [0.25, 0.3) is 0 Å². The van der Waals surface area contributed by atoms with Crippen LogP contribution in [0.3, 0.4) is 0 Å². The van der Waals surface area contributed by atoms with Crippen LogP contribution in [0.2, 0.25) is 5.02 Å². The maximum absolute atomic E-state index is 14.9. The lowest BCUT2D eigenvalue weighted by Crippen LogP contribution is -2.52. The molecule has 1 aromatic rings. The van der Waals surface area contributed by atoms with Gasteiger partial charge in [-0.3, -0.25) is 14.4 Å². The van der Waals surface area contributed by atoms with Crippen molar-refractivity contribution < 1.29 is 14.4 Å². The number of halogens is 1. The summed E-state index contributed by atoms with van der Waals surface area (Å²) in [6, 6.07) is 7.37. The lowest BCUT2D eigenvalue weighted by atomic mass is 9.88. The van der Waals surface area contributed by atoms with Crippen molar-refractivity contribution in [2.45, 2.75) is 149 Å². The fraction of sp³-hybridized carbons (Fsp3) is 0.769. The van der Waals surface area contributed by atoms with Gasteiger partial charge in [0.05, 0.1) is 12.0 Å². The molecule has 2 saturated heterocycles. The number of amides is 3. The smallest absolute Gasteiger partial charge is 0.245 e. The molecule has 2 aliphatic heterocycles. The van der Waals surface area contributed by atoms with E-state index < -0.39 is 6.04 Å². The summed E-state index contributed by atoms with van der Waals surface area (Å²) < 4.78 is 0. The van der Waals surface area contributed by atoms with Crippen molar-refractivity contribution in [2.75, 3.05) is 26.2 Å². The Morgan fingerprint density at radius 3 is 2.21 bits per heavy atom. The molecular weight excluding hydrogens is 608 g/mol. The second-order valence-electron chi connectivity index (χ2n) is 16.3. The van der Waals surface area contributed by atoms with E-state index >= 15 is 0 Å². The number of carbonyl (C=O) groups is 3. The predicted octanol–water partition coefficient (Wildman–Crippen LogP) is 7.66. The topological polar surface area (TPSA) is 73.0 Å². The molecule has 0 unspecified atom stereocenters. The highest BCUT2D eigenvalue weighted by Gasteiger charge is 2.47. The molecular formula is C39H63ClN4O3. The van der Waals surface area contributed by atoms with Gasteiger partial charge in [-0.25, -0.2) is 0 Å². The Kier molecular flexibility index (Phi) is 13.6. The molecule has 4 rings (SSSR count). The Bertz CT molecular complexity index is 1180. The Hall–Kier alpha value is -2.12. The van der Waals surface area contributed by atoms with Crippen molar-refractivity contribution >= 4 is 29.3 Å². The highest BCUT2D eigenvalue weighted by Crippen LogP contribution is 2.35. The monoisotopic (exact) mass is 670 g/mol. The number of carbonyl (C=O) groups excluding carboxylic acids is 3. The number of benzene rings is 1. The lowest BCUT2D eigenvalue weighted by Gasteiger charge is -2.39. The summed E-state index contributed by atoms with van der Waals surface area (Å²) in [4.78, 5) is 49.3. The van der Waals surface area contributed by atoms with Gasteiger partial charge < -0.3 is 20.0 Å². The van der Waals surface area contributed by atoms with E-state index in [1.54, 1.807) is 0 Å². The molecule has 1 aromatic carbocycles. The summed E-state index contributed by atoms with van der Waals surface area (Å²) >= 11 is 6.19. The predicted molar refractivity (Wildman–Crippen MR) is 192 cm³/mol. The highest BCUT2D eigenvalue weighted by molar-refractivity contribution is 6.30. The third-order valence-corrected chi connectivity index (χ3v) is 11.1. The first-order chi connectivity index (χ1) is 22.2. The fourth-order valence-electron chi connectivity index (χ4n) is 7.98. The van der Waals surface area contributed by atoms with E-state index in [1.807, 2.05) is 47.9 Å². The molecule has 2 heterocycles. The molecule has 0 aromatic heterocycles. The molecule has 3 amide bonds. The van der Waals surface area contributed by atoms with E-state index in [0.717, 1.165) is 63.6 Å². The van der Waals surface area contributed by atoms with Crippen LogP contribution in [0.1, 0.15) is 131 Å². The zero-order valence-electron chi connectivity index (χ0n) is 30.4. The summed E-state index contributed by atoms with van der Waals surface area (Å²) in [5, 5.41) is 4.31. The van der Waals surface area contributed by atoms with Crippen molar-refractivity contribution in [2.24, 2.45) is 17.8 Å². The van der Waals surface area contributed by atoms with Crippen LogP contribution in [0, 0.1) is 17.8 Å². The summed E-state index contributed by atoms with van der Waals surface area (Å²) in [6.07, 6.45) is 11.0. The second-order valence-corrected chi connectivity index (χ2v) is 16.8. The molecule has 7 nitrogen and oxygen atoms in total. The average molecular weight is 671 g/mol. The Morgan fingerprint density at radius 1 is 0.915 bits per heavy atom. The molecule has 3 aliphatic rings. The number of rotatable bonds is 10. The van der Waals surface area contributed by atoms with E-state index in [0.29, 0.717) is 36.9 Å². The van der Waals surface area contributed by atoms with Crippen molar-refractivity contribution in [1.82, 2.24) is 20.0 Å². The van der Waals surface area contributed by atoms with Crippen LogP contribution in [-0.4, -0.2) is 82.3 Å². The van der Waals surface area contributed by atoms with Crippen LogP contribution >= 0.6 is 11.6 Å². The highest BCUT2D eigenvalue weighted by atomic mass is 35.5. The van der Waals surface area contributed by atoms with Crippen molar-refractivity contribution in [3.8, 4) is 0 Å². The molecule has 1 saturated carbocycles. The first kappa shape index (κ1) is 37.7. The molecule has 1 N–H and O–H groups in total. The number of nitrogens with one attached hydrogen (secondary N) is 1. The van der Waals surface area contributed by atoms with E-state index in [-0.39, 0.29) is 53.1 Å². The van der Waals surface area contributed by atoms with Gasteiger partial charge in [-0.15, -0.1) is 0 Å². The number of hydrogen-bond acceptors (Lipinski definition) is 4. The lowest BCUT2D eigenvalue weighted by molar-refractivity contribution is -0.146. The van der Waals surface area contributed by atoms with Gasteiger partial charge in [-0.2, -0.15) is 0 Å². The van der Waals surface area contributed by atoms with Gasteiger partial charge in [-0.05, 0) is 102 Å². The summed E-state index contributed by atoms with van der Waals surface area (Å²) in [7, 11) is 0. The van der Waals surface area contributed by atoms with Crippen LogP contribution in [0.4, 0.5) is 0 Å². The first-order valence-electron chi connectivity index (χ1n) is 18.7.